The molecule has 3 saturated heterocycles. The molecule has 3 amide bonds. The second-order valence-electron chi connectivity index (χ2n) is 37.7. The first-order valence-electron chi connectivity index (χ1n) is 46.5. The van der Waals surface area contributed by atoms with Crippen molar-refractivity contribution in [3.63, 3.8) is 0 Å². The highest BCUT2D eigenvalue weighted by molar-refractivity contribution is 6.36. The topological polar surface area (TPSA) is 299 Å². The number of phenolic OH excluding ortho intramolecular Hbond substituents is 2. The number of carboxylic acid groups (broad SMARTS) is 1. The average Bonchev–Trinajstić information content (AvgIpc) is 1.10. The van der Waals surface area contributed by atoms with Crippen LogP contribution in [0.5, 0.6) is 11.5 Å². The third kappa shape index (κ3) is 16.7. The van der Waals surface area contributed by atoms with Gasteiger partial charge in [-0.15, -0.1) is 0 Å². The molecule has 6 atom stereocenters. The number of piperazine rings is 3. The van der Waals surface area contributed by atoms with E-state index >= 15 is 35.5 Å². The van der Waals surface area contributed by atoms with E-state index in [9.17, 15) is 48.9 Å². The zero-order valence-corrected chi connectivity index (χ0v) is 81.0. The maximum Gasteiger partial charge on any atom is 0.325 e. The number of ether oxygens (including phenoxy) is 1. The number of hydrogen-bond acceptors (Lipinski definition) is 20. The summed E-state index contributed by atoms with van der Waals surface area (Å²) in [7, 11) is 1.21. The summed E-state index contributed by atoms with van der Waals surface area (Å²) >= 11 is 6.67. The summed E-state index contributed by atoms with van der Waals surface area (Å²) in [4.78, 5) is 140. The monoisotopic (exact) mass is 1960 g/mol. The normalized spacial score (nSPS) is 17.5. The number of aryl methyl sites for hydroxylation is 3. The fraction of sp³-hybridized carbons (Fsp3) is 0.308. The standard InChI is InChI=1S/C36H33ClFN5O2.C36H36F3N5O5.C35H34F3N5O5/c1-6-29(44)41-18-23-15-26-34(42(23)17-21(41)5)25-16-28(38)32(24-11-7-9-22-10-8-12-27(37)30(22)24)40-35(25)43(36(26)45)33-20(4)13-14-39-31(33)19(2)3;1-7-26(46)42-16-21-15-41(17-27(47)49-6)35-34(43(21)14-20(42)5)22-13-24(38)29(28-23(37)9-8-10-25(28)45)30(39)33(22)44(36(35)48)32-19(4)11-12-40-31(32)18(2)3;1-6-25(45)41-15-20-14-40(16-26(46)47)34-33(42(20)13-19(41)5)21-12-23(37)28(27-22(36)8-7-9-24(27)44)29(38)32(21)43(35(34)48)31-18(4)10-11-39-30(31)17(2)3/h6-14,16,19,21,23H,1,15,17-18H2,2-5H3;7-13,18,20-21,45H,1,14-17H2,2-6H3;6-12,17,19-20,44H,1,13-16H2,2-5H3,(H,46,47). The predicted molar refractivity (Wildman–Crippen MR) is 533 cm³/mol. The number of carbonyl (C=O) groups excluding carboxylic acids is 4. The second kappa shape index (κ2) is 38.4. The number of amides is 3. The van der Waals surface area contributed by atoms with Crippen molar-refractivity contribution in [1.82, 2.24) is 48.3 Å². The first kappa shape index (κ1) is 98.4. The van der Waals surface area contributed by atoms with E-state index in [-0.39, 0.29) is 155 Å². The zero-order chi connectivity index (χ0) is 102. The van der Waals surface area contributed by atoms with Crippen LogP contribution in [0, 0.1) is 61.5 Å². The van der Waals surface area contributed by atoms with Gasteiger partial charge in [0.25, 0.3) is 16.7 Å². The van der Waals surface area contributed by atoms with Crippen molar-refractivity contribution in [2.24, 2.45) is 0 Å². The lowest BCUT2D eigenvalue weighted by Crippen LogP contribution is -2.64. The molecule has 6 aliphatic heterocycles. The van der Waals surface area contributed by atoms with Gasteiger partial charge in [0, 0.05) is 133 Å². The molecule has 0 aliphatic carbocycles. The number of rotatable bonds is 16. The minimum atomic E-state index is -1.30. The highest BCUT2D eigenvalue weighted by Crippen LogP contribution is 2.52. The first-order chi connectivity index (χ1) is 67.7. The van der Waals surface area contributed by atoms with Gasteiger partial charge in [0.05, 0.1) is 110 Å². The van der Waals surface area contributed by atoms with E-state index in [0.29, 0.717) is 86.0 Å². The molecule has 0 bridgehead atoms. The summed E-state index contributed by atoms with van der Waals surface area (Å²) in [5.74, 6) is -12.2. The van der Waals surface area contributed by atoms with Gasteiger partial charge in [-0.1, -0.05) is 115 Å². The maximum absolute atomic E-state index is 17.3. The summed E-state index contributed by atoms with van der Waals surface area (Å²) in [5.41, 5.74) is 1.54. The van der Waals surface area contributed by atoms with Crippen molar-refractivity contribution >= 4 is 113 Å². The Labute approximate surface area is 816 Å². The molecule has 6 aromatic carbocycles. The molecule has 142 heavy (non-hydrogen) atoms. The molecule has 35 heteroatoms. The number of halogens is 8. The van der Waals surface area contributed by atoms with Gasteiger partial charge in [0.1, 0.15) is 76.4 Å². The lowest BCUT2D eigenvalue weighted by molar-refractivity contribution is -0.139. The number of benzene rings is 6. The highest BCUT2D eigenvalue weighted by atomic mass is 35.5. The Bertz CT molecular complexity index is 7680. The number of anilines is 5. The Balaban J connectivity index is 0.000000147. The Morgan fingerprint density at radius 3 is 1.27 bits per heavy atom. The molecular weight excluding hydrogens is 1860 g/mol. The molecule has 13 heterocycles. The Kier molecular flexibility index (Phi) is 26.6. The Morgan fingerprint density at radius 1 is 0.465 bits per heavy atom. The molecule has 734 valence electrons. The fourth-order valence-electron chi connectivity index (χ4n) is 21.3. The van der Waals surface area contributed by atoms with Gasteiger partial charge in [-0.2, -0.15) is 0 Å². The molecular formula is C107H103ClF7N15O12. The molecule has 13 aromatic rings. The summed E-state index contributed by atoms with van der Waals surface area (Å²) in [6.45, 7) is 34.0. The number of aromatic hydroxyl groups is 2. The van der Waals surface area contributed by atoms with Gasteiger partial charge >= 0.3 is 11.9 Å². The second-order valence-corrected chi connectivity index (χ2v) is 38.1. The van der Waals surface area contributed by atoms with Crippen molar-refractivity contribution in [1.29, 1.82) is 0 Å². The van der Waals surface area contributed by atoms with Crippen molar-refractivity contribution < 1.29 is 74.8 Å². The molecule has 7 aromatic heterocycles. The minimum absolute atomic E-state index is 0.00287. The number of pyridine rings is 7. The molecule has 27 nitrogen and oxygen atoms in total. The van der Waals surface area contributed by atoms with E-state index in [2.05, 4.69) is 39.6 Å². The maximum atomic E-state index is 17.3. The number of aromatic nitrogens is 7. The quantitative estimate of drug-likeness (QED) is 0.0460. The van der Waals surface area contributed by atoms with Gasteiger partial charge in [0.2, 0.25) is 17.7 Å². The molecule has 3 N–H and O–H groups in total. The molecule has 0 radical (unpaired) electrons. The number of fused-ring (bicyclic) bond motifs is 16. The molecule has 3 fully saturated rings. The SMILES string of the molecule is C=CC(=O)N1CC2CN(CC(=O)O)c3c(c4cc(F)c(-c5c(O)cccc5F)c(F)c4n(-c4c(C)ccnc4C(C)C)c3=O)N2CC1C.C=CC(=O)N1CC2CN(CC(=O)OC)c3c(c4cc(F)c(-c5c(O)cccc5F)c(F)c4n(-c4c(C)ccnc4C(C)C)c3=O)N2CC1C.C=CC(=O)N1CC2Cc3c(c4cc(F)c(-c5cccc6cccc(Cl)c56)nc4n(-c4c(C)ccnc4C(C)C)c3=O)N2CC1C. The van der Waals surface area contributed by atoms with Crippen LogP contribution in [0.4, 0.5) is 59.2 Å². The molecule has 6 unspecified atom stereocenters. The first-order valence-corrected chi connectivity index (χ1v) is 46.9. The van der Waals surface area contributed by atoms with E-state index in [1.54, 1.807) is 81.7 Å². The Morgan fingerprint density at radius 2 is 0.859 bits per heavy atom. The van der Waals surface area contributed by atoms with Crippen LogP contribution in [0.2, 0.25) is 5.02 Å². The number of esters is 1. The van der Waals surface area contributed by atoms with E-state index in [1.165, 1.54) is 53.3 Å². The van der Waals surface area contributed by atoms with E-state index in [0.717, 1.165) is 62.2 Å². The number of nitrogens with zero attached hydrogens (tertiary/aromatic N) is 15. The summed E-state index contributed by atoms with van der Waals surface area (Å²) < 4.78 is 123. The van der Waals surface area contributed by atoms with Gasteiger partial charge in [0.15, 0.2) is 11.6 Å². The van der Waals surface area contributed by atoms with Crippen molar-refractivity contribution in [2.75, 3.05) is 97.1 Å². The predicted octanol–water partition coefficient (Wildman–Crippen LogP) is 17.3. The van der Waals surface area contributed by atoms with Crippen LogP contribution < -0.4 is 41.2 Å². The third-order valence-electron chi connectivity index (χ3n) is 27.7. The van der Waals surface area contributed by atoms with E-state index in [1.807, 2.05) is 104 Å². The lowest BCUT2D eigenvalue weighted by atomic mass is 9.95. The number of aliphatic carboxylic acids is 1. The van der Waals surface area contributed by atoms with Crippen LogP contribution >= 0.6 is 11.6 Å². The zero-order valence-electron chi connectivity index (χ0n) is 80.2. The van der Waals surface area contributed by atoms with Crippen molar-refractivity contribution in [3.05, 3.63) is 282 Å². The van der Waals surface area contributed by atoms with E-state index in [4.69, 9.17) is 21.3 Å². The molecule has 0 spiro atoms. The summed E-state index contributed by atoms with van der Waals surface area (Å²) in [6.07, 6.45) is 9.00. The Hall–Kier alpha value is -15.2. The number of phenols is 2. The highest BCUT2D eigenvalue weighted by Gasteiger charge is 2.48. The number of carboxylic acids is 1. The van der Waals surface area contributed by atoms with Gasteiger partial charge < -0.3 is 59.3 Å². The van der Waals surface area contributed by atoms with Gasteiger partial charge in [-0.3, -0.25) is 67.0 Å². The fourth-order valence-corrected chi connectivity index (χ4v) is 21.6. The molecule has 19 rings (SSSR count). The average molecular weight is 1960 g/mol. The van der Waals surface area contributed by atoms with Crippen LogP contribution in [0.15, 0.2) is 180 Å². The minimum Gasteiger partial charge on any atom is -0.507 e. The van der Waals surface area contributed by atoms with Crippen molar-refractivity contribution in [2.45, 2.75) is 144 Å². The third-order valence-corrected chi connectivity index (χ3v) is 28.0. The number of methoxy groups -OCH3 is 1. The smallest absolute Gasteiger partial charge is 0.325 e. The van der Waals surface area contributed by atoms with Gasteiger partial charge in [-0.05, 0) is 166 Å². The van der Waals surface area contributed by atoms with Crippen LogP contribution in [-0.2, 0) is 35.1 Å². The summed E-state index contributed by atoms with van der Waals surface area (Å²) in [5, 5.41) is 33.6. The number of hydrogen-bond donors (Lipinski definition) is 3. The van der Waals surface area contributed by atoms with Crippen LogP contribution in [0.25, 0.3) is 94.2 Å². The van der Waals surface area contributed by atoms with Crippen molar-refractivity contribution in [3.8, 4) is 62.1 Å². The van der Waals surface area contributed by atoms with Gasteiger partial charge in [-0.25, -0.2) is 35.7 Å². The lowest BCUT2D eigenvalue weighted by Gasteiger charge is -2.51. The largest absolute Gasteiger partial charge is 0.507 e. The molecule has 6 aliphatic rings. The summed E-state index contributed by atoms with van der Waals surface area (Å²) in [6, 6.07) is 24.3. The molecule has 0 saturated carbocycles. The number of carbonyl (C=O) groups is 5. The van der Waals surface area contributed by atoms with Crippen LogP contribution in [0.1, 0.15) is 119 Å². The van der Waals surface area contributed by atoms with E-state index < -0.39 is 134 Å². The van der Waals surface area contributed by atoms with Crippen LogP contribution in [0.3, 0.4) is 0 Å². The van der Waals surface area contributed by atoms with Crippen LogP contribution in [-0.4, -0.2) is 202 Å².